The van der Waals surface area contributed by atoms with Crippen molar-refractivity contribution in [3.05, 3.63) is 77.1 Å². The van der Waals surface area contributed by atoms with Crippen molar-refractivity contribution in [2.45, 2.75) is 32.7 Å². The number of hydrogen-bond donors (Lipinski definition) is 2. The molecule has 29 heavy (non-hydrogen) atoms. The Hall–Kier alpha value is -3.48. The van der Waals surface area contributed by atoms with E-state index in [1.807, 2.05) is 35.8 Å². The Kier molecular flexibility index (Phi) is 5.12. The van der Waals surface area contributed by atoms with Crippen molar-refractivity contribution in [1.82, 2.24) is 9.55 Å². The van der Waals surface area contributed by atoms with Gasteiger partial charge >= 0.3 is 0 Å². The van der Waals surface area contributed by atoms with E-state index in [9.17, 15) is 14.0 Å². The van der Waals surface area contributed by atoms with Crippen LogP contribution in [-0.2, 0) is 13.0 Å². The average Bonchev–Trinajstić information content (AvgIpc) is 3.10. The summed E-state index contributed by atoms with van der Waals surface area (Å²) in [4.78, 5) is 30.0. The van der Waals surface area contributed by atoms with Gasteiger partial charge in [0.05, 0.1) is 5.69 Å². The van der Waals surface area contributed by atoms with E-state index in [0.717, 1.165) is 24.1 Å². The number of carbonyl (C=O) groups is 2. The van der Waals surface area contributed by atoms with Crippen LogP contribution in [0.2, 0.25) is 0 Å². The molecule has 0 saturated heterocycles. The number of imidazole rings is 1. The number of amides is 2. The average molecular weight is 392 g/mol. The summed E-state index contributed by atoms with van der Waals surface area (Å²) < 4.78 is 14.9. The Balaban J connectivity index is 1.62. The molecule has 1 aliphatic rings. The van der Waals surface area contributed by atoms with Crippen molar-refractivity contribution in [1.29, 1.82) is 0 Å². The number of rotatable bonds is 4. The van der Waals surface area contributed by atoms with Crippen molar-refractivity contribution in [3.8, 4) is 0 Å². The summed E-state index contributed by atoms with van der Waals surface area (Å²) >= 11 is 0. The largest absolute Gasteiger partial charge is 0.323 e. The topological polar surface area (TPSA) is 76.0 Å². The predicted molar refractivity (Wildman–Crippen MR) is 109 cm³/mol. The van der Waals surface area contributed by atoms with Gasteiger partial charge in [0.15, 0.2) is 11.5 Å². The molecule has 0 radical (unpaired) electrons. The smallest absolute Gasteiger partial charge is 0.291 e. The highest BCUT2D eigenvalue weighted by Crippen LogP contribution is 2.23. The van der Waals surface area contributed by atoms with E-state index in [1.54, 1.807) is 0 Å². The van der Waals surface area contributed by atoms with E-state index in [0.29, 0.717) is 24.3 Å². The second kappa shape index (κ2) is 7.87. The molecule has 2 aromatic carbocycles. The van der Waals surface area contributed by atoms with Gasteiger partial charge in [0, 0.05) is 17.9 Å². The van der Waals surface area contributed by atoms with Gasteiger partial charge in [-0.25, -0.2) is 9.37 Å². The molecular formula is C22H21FN4O2. The number of carbonyl (C=O) groups excluding carboxylic acids is 2. The van der Waals surface area contributed by atoms with Gasteiger partial charge < -0.3 is 15.2 Å². The molecule has 0 bridgehead atoms. The van der Waals surface area contributed by atoms with Crippen molar-refractivity contribution < 1.29 is 14.0 Å². The minimum Gasteiger partial charge on any atom is -0.323 e. The molecule has 6 nitrogen and oxygen atoms in total. The molecule has 3 aromatic rings. The van der Waals surface area contributed by atoms with Crippen LogP contribution in [0.4, 0.5) is 15.8 Å². The first-order chi connectivity index (χ1) is 14.0. The van der Waals surface area contributed by atoms with Crippen LogP contribution in [0.25, 0.3) is 0 Å². The molecule has 148 valence electrons. The quantitative estimate of drug-likeness (QED) is 0.700. The lowest BCUT2D eigenvalue weighted by Gasteiger charge is -2.17. The number of fused-ring (bicyclic) bond motifs is 1. The number of nitrogens with zero attached hydrogens (tertiary/aromatic N) is 2. The lowest BCUT2D eigenvalue weighted by Crippen LogP contribution is -2.21. The van der Waals surface area contributed by atoms with Crippen molar-refractivity contribution in [2.24, 2.45) is 0 Å². The van der Waals surface area contributed by atoms with Crippen LogP contribution < -0.4 is 10.6 Å². The van der Waals surface area contributed by atoms with Gasteiger partial charge in [-0.1, -0.05) is 12.1 Å². The van der Waals surface area contributed by atoms with Crippen LogP contribution in [0.5, 0.6) is 0 Å². The van der Waals surface area contributed by atoms with E-state index in [2.05, 4.69) is 15.6 Å². The molecular weight excluding hydrogens is 371 g/mol. The maximum Gasteiger partial charge on any atom is 0.291 e. The van der Waals surface area contributed by atoms with Gasteiger partial charge in [-0.3, -0.25) is 9.59 Å². The fourth-order valence-electron chi connectivity index (χ4n) is 3.53. The fraction of sp³-hybridized carbons (Fsp3) is 0.227. The van der Waals surface area contributed by atoms with Crippen LogP contribution in [0.3, 0.4) is 0 Å². The highest BCUT2D eigenvalue weighted by molar-refractivity contribution is 6.07. The molecule has 0 aliphatic carbocycles. The molecule has 0 saturated carbocycles. The normalized spacial score (nSPS) is 12.9. The molecule has 2 amide bonds. The monoisotopic (exact) mass is 392 g/mol. The molecule has 7 heteroatoms. The van der Waals surface area contributed by atoms with Crippen LogP contribution >= 0.6 is 0 Å². The standard InChI is InChI=1S/C22H21FN4O2/c1-14-5-4-6-17(13-14)25-21(28)19-18-7-2-3-12-27(18)20(26-19)22(29)24-16-10-8-15(23)9-11-16/h4-6,8-11,13H,2-3,7,12H2,1H3,(H,24,29)(H,25,28). The zero-order valence-corrected chi connectivity index (χ0v) is 16.0. The zero-order valence-electron chi connectivity index (χ0n) is 16.0. The number of hydrogen-bond acceptors (Lipinski definition) is 3. The Morgan fingerprint density at radius 2 is 1.76 bits per heavy atom. The van der Waals surface area contributed by atoms with Crippen molar-refractivity contribution >= 4 is 23.2 Å². The Morgan fingerprint density at radius 3 is 2.52 bits per heavy atom. The summed E-state index contributed by atoms with van der Waals surface area (Å²) in [5.41, 5.74) is 3.23. The minimum absolute atomic E-state index is 0.193. The van der Waals surface area contributed by atoms with Crippen molar-refractivity contribution in [3.63, 3.8) is 0 Å². The van der Waals surface area contributed by atoms with E-state index in [4.69, 9.17) is 0 Å². The summed E-state index contributed by atoms with van der Waals surface area (Å²) in [5.74, 6) is -0.939. The van der Waals surface area contributed by atoms with E-state index in [1.165, 1.54) is 24.3 Å². The molecule has 2 heterocycles. The fourth-order valence-corrected chi connectivity index (χ4v) is 3.53. The van der Waals surface area contributed by atoms with E-state index >= 15 is 0 Å². The number of halogens is 1. The highest BCUT2D eigenvalue weighted by Gasteiger charge is 2.27. The number of aryl methyl sites for hydroxylation is 1. The number of benzene rings is 2. The van der Waals surface area contributed by atoms with Gasteiger partial charge in [0.1, 0.15) is 5.82 Å². The molecule has 1 aliphatic heterocycles. The third-order valence-electron chi connectivity index (χ3n) is 4.91. The van der Waals surface area contributed by atoms with Gasteiger partial charge in [-0.05, 0) is 68.1 Å². The van der Waals surface area contributed by atoms with Crippen molar-refractivity contribution in [2.75, 3.05) is 10.6 Å². The third-order valence-corrected chi connectivity index (χ3v) is 4.91. The van der Waals surface area contributed by atoms with Crippen LogP contribution in [0, 0.1) is 12.7 Å². The zero-order chi connectivity index (χ0) is 20.4. The molecule has 0 spiro atoms. The summed E-state index contributed by atoms with van der Waals surface area (Å²) in [5, 5.41) is 5.59. The van der Waals surface area contributed by atoms with Gasteiger partial charge in [0.2, 0.25) is 0 Å². The predicted octanol–water partition coefficient (Wildman–Crippen LogP) is 4.17. The second-order valence-electron chi connectivity index (χ2n) is 7.12. The lowest BCUT2D eigenvalue weighted by molar-refractivity contribution is 0.101. The van der Waals surface area contributed by atoms with Gasteiger partial charge in [-0.15, -0.1) is 0 Å². The van der Waals surface area contributed by atoms with Crippen LogP contribution in [0.1, 0.15) is 45.2 Å². The maximum absolute atomic E-state index is 13.1. The Labute approximate surface area is 167 Å². The van der Waals surface area contributed by atoms with E-state index < -0.39 is 5.91 Å². The van der Waals surface area contributed by atoms with Gasteiger partial charge in [0.25, 0.3) is 11.8 Å². The summed E-state index contributed by atoms with van der Waals surface area (Å²) in [6.07, 6.45) is 2.54. The molecule has 4 rings (SSSR count). The Bertz CT molecular complexity index is 1070. The SMILES string of the molecule is Cc1cccc(NC(=O)c2nc(C(=O)Nc3ccc(F)cc3)n3c2CCCC3)c1. The summed E-state index contributed by atoms with van der Waals surface area (Å²) in [6.45, 7) is 2.58. The number of anilines is 2. The summed E-state index contributed by atoms with van der Waals surface area (Å²) in [6, 6.07) is 13.0. The second-order valence-corrected chi connectivity index (χ2v) is 7.12. The molecule has 0 unspecified atom stereocenters. The first-order valence-corrected chi connectivity index (χ1v) is 9.55. The molecule has 0 atom stereocenters. The first kappa shape index (κ1) is 18.9. The maximum atomic E-state index is 13.1. The number of aromatic nitrogens is 2. The van der Waals surface area contributed by atoms with Gasteiger partial charge in [-0.2, -0.15) is 0 Å². The third kappa shape index (κ3) is 4.03. The molecule has 1 aromatic heterocycles. The summed E-state index contributed by atoms with van der Waals surface area (Å²) in [7, 11) is 0. The lowest BCUT2D eigenvalue weighted by atomic mass is 10.1. The van der Waals surface area contributed by atoms with Crippen LogP contribution in [-0.4, -0.2) is 21.4 Å². The molecule has 2 N–H and O–H groups in total. The Morgan fingerprint density at radius 1 is 1.00 bits per heavy atom. The van der Waals surface area contributed by atoms with Crippen LogP contribution in [0.15, 0.2) is 48.5 Å². The van der Waals surface area contributed by atoms with E-state index in [-0.39, 0.29) is 23.2 Å². The number of nitrogens with one attached hydrogen (secondary N) is 2. The molecule has 0 fully saturated rings. The first-order valence-electron chi connectivity index (χ1n) is 9.55. The minimum atomic E-state index is -0.422. The highest BCUT2D eigenvalue weighted by atomic mass is 19.1.